The molecule has 3 heteroatoms. The first kappa shape index (κ1) is 11.7. The van der Waals surface area contributed by atoms with Gasteiger partial charge < -0.3 is 0 Å². The largest absolute Gasteiger partial charge is 0.207 e. The van der Waals surface area contributed by atoms with Crippen molar-refractivity contribution in [3.05, 3.63) is 40.2 Å². The molecule has 1 aromatic carbocycles. The molecule has 0 aromatic heterocycles. The standard InChI is InChI=1S/C11H11BrClF/c1-8-10(14)6-5-9(11(8)13)4-2-3-7-12/h2,4-6H,3,7H2,1H3. The number of allylic oxidation sites excluding steroid dienone is 1. The molecule has 0 atom stereocenters. The SMILES string of the molecule is Cc1c(F)ccc(C=CCCBr)c1Cl. The van der Waals surface area contributed by atoms with Gasteiger partial charge in [0.1, 0.15) is 5.82 Å². The summed E-state index contributed by atoms with van der Waals surface area (Å²) in [7, 11) is 0. The van der Waals surface area contributed by atoms with Crippen LogP contribution in [0.1, 0.15) is 17.5 Å². The highest BCUT2D eigenvalue weighted by Gasteiger charge is 2.04. The molecule has 0 saturated heterocycles. The van der Waals surface area contributed by atoms with Crippen LogP contribution in [0.3, 0.4) is 0 Å². The third kappa shape index (κ3) is 2.82. The van der Waals surface area contributed by atoms with Crippen molar-refractivity contribution in [2.75, 3.05) is 5.33 Å². The minimum absolute atomic E-state index is 0.257. The summed E-state index contributed by atoms with van der Waals surface area (Å²) in [4.78, 5) is 0. The van der Waals surface area contributed by atoms with Gasteiger partial charge >= 0.3 is 0 Å². The number of benzene rings is 1. The van der Waals surface area contributed by atoms with Crippen molar-refractivity contribution in [2.45, 2.75) is 13.3 Å². The Hall–Kier alpha value is -0.340. The molecule has 1 aromatic rings. The van der Waals surface area contributed by atoms with Crippen molar-refractivity contribution in [3.63, 3.8) is 0 Å². The van der Waals surface area contributed by atoms with E-state index in [9.17, 15) is 4.39 Å². The van der Waals surface area contributed by atoms with Crippen LogP contribution < -0.4 is 0 Å². The van der Waals surface area contributed by atoms with E-state index in [0.717, 1.165) is 17.3 Å². The average Bonchev–Trinajstić information content (AvgIpc) is 2.18. The lowest BCUT2D eigenvalue weighted by atomic mass is 10.1. The fourth-order valence-electron chi connectivity index (χ4n) is 1.08. The minimum Gasteiger partial charge on any atom is -0.207 e. The Labute approximate surface area is 96.9 Å². The van der Waals surface area contributed by atoms with Gasteiger partial charge in [0.05, 0.1) is 5.02 Å². The van der Waals surface area contributed by atoms with Crippen LogP contribution in [0.25, 0.3) is 6.08 Å². The summed E-state index contributed by atoms with van der Waals surface area (Å²) in [5, 5.41) is 1.41. The Morgan fingerprint density at radius 1 is 1.50 bits per heavy atom. The quantitative estimate of drug-likeness (QED) is 0.709. The van der Waals surface area contributed by atoms with Crippen LogP contribution in [0.15, 0.2) is 18.2 Å². The average molecular weight is 278 g/mol. The Balaban J connectivity index is 2.94. The minimum atomic E-state index is -0.257. The summed E-state index contributed by atoms with van der Waals surface area (Å²) < 4.78 is 13.0. The lowest BCUT2D eigenvalue weighted by Crippen LogP contribution is -1.86. The predicted molar refractivity (Wildman–Crippen MR) is 63.6 cm³/mol. The molecule has 14 heavy (non-hydrogen) atoms. The number of halogens is 3. The van der Waals surface area contributed by atoms with E-state index in [1.165, 1.54) is 6.07 Å². The van der Waals surface area contributed by atoms with Crippen LogP contribution in [0.5, 0.6) is 0 Å². The first-order chi connectivity index (χ1) is 6.66. The van der Waals surface area contributed by atoms with Crippen LogP contribution in [-0.2, 0) is 0 Å². The van der Waals surface area contributed by atoms with E-state index in [4.69, 9.17) is 11.6 Å². The van der Waals surface area contributed by atoms with Crippen LogP contribution in [-0.4, -0.2) is 5.33 Å². The maximum absolute atomic E-state index is 13.0. The van der Waals surface area contributed by atoms with Gasteiger partial charge in [-0.3, -0.25) is 0 Å². The zero-order valence-corrected chi connectivity index (χ0v) is 10.2. The third-order valence-corrected chi connectivity index (χ3v) is 2.88. The van der Waals surface area contributed by atoms with Gasteiger partial charge in [0.2, 0.25) is 0 Å². The van der Waals surface area contributed by atoms with Crippen molar-refractivity contribution in [3.8, 4) is 0 Å². The number of hydrogen-bond donors (Lipinski definition) is 0. The third-order valence-electron chi connectivity index (χ3n) is 1.92. The highest BCUT2D eigenvalue weighted by atomic mass is 79.9. The predicted octanol–water partition coefficient (Wildman–Crippen LogP) is 4.59. The molecule has 0 radical (unpaired) electrons. The summed E-state index contributed by atoms with van der Waals surface area (Å²) in [6.45, 7) is 1.68. The van der Waals surface area contributed by atoms with Crippen LogP contribution in [0.2, 0.25) is 5.02 Å². The molecular formula is C11H11BrClF. The summed E-state index contributed by atoms with van der Waals surface area (Å²) >= 11 is 9.30. The molecular weight excluding hydrogens is 266 g/mol. The summed E-state index contributed by atoms with van der Waals surface area (Å²) in [5.74, 6) is -0.257. The van der Waals surface area contributed by atoms with Crippen LogP contribution in [0, 0.1) is 12.7 Å². The first-order valence-corrected chi connectivity index (χ1v) is 5.84. The summed E-state index contributed by atoms with van der Waals surface area (Å²) in [5.41, 5.74) is 1.37. The zero-order chi connectivity index (χ0) is 10.6. The lowest BCUT2D eigenvalue weighted by molar-refractivity contribution is 0.618. The monoisotopic (exact) mass is 276 g/mol. The molecule has 0 nitrogen and oxygen atoms in total. The fraction of sp³-hybridized carbons (Fsp3) is 0.273. The number of alkyl halides is 1. The van der Waals surface area contributed by atoms with E-state index in [-0.39, 0.29) is 5.82 Å². The van der Waals surface area contributed by atoms with E-state index < -0.39 is 0 Å². The van der Waals surface area contributed by atoms with Crippen LogP contribution in [0.4, 0.5) is 4.39 Å². The van der Waals surface area contributed by atoms with E-state index in [1.807, 2.05) is 12.2 Å². The molecule has 0 N–H and O–H groups in total. The molecule has 0 saturated carbocycles. The van der Waals surface area contributed by atoms with Gasteiger partial charge in [-0.25, -0.2) is 4.39 Å². The molecule has 0 fully saturated rings. The topological polar surface area (TPSA) is 0 Å². The summed E-state index contributed by atoms with van der Waals surface area (Å²) in [6.07, 6.45) is 4.86. The smallest absolute Gasteiger partial charge is 0.127 e. The van der Waals surface area contributed by atoms with Gasteiger partial charge in [0, 0.05) is 10.9 Å². The van der Waals surface area contributed by atoms with Gasteiger partial charge in [-0.05, 0) is 25.0 Å². The Bertz CT molecular complexity index is 347. The Morgan fingerprint density at radius 2 is 2.21 bits per heavy atom. The molecule has 1 rings (SSSR count). The number of hydrogen-bond acceptors (Lipinski definition) is 0. The van der Waals surface area contributed by atoms with Crippen LogP contribution >= 0.6 is 27.5 Å². The molecule has 0 aliphatic carbocycles. The molecule has 0 bridgehead atoms. The maximum atomic E-state index is 13.0. The Morgan fingerprint density at radius 3 is 2.86 bits per heavy atom. The van der Waals surface area contributed by atoms with E-state index in [0.29, 0.717) is 10.6 Å². The van der Waals surface area contributed by atoms with Crippen molar-refractivity contribution < 1.29 is 4.39 Å². The van der Waals surface area contributed by atoms with Crippen molar-refractivity contribution >= 4 is 33.6 Å². The van der Waals surface area contributed by atoms with Gasteiger partial charge in [-0.15, -0.1) is 0 Å². The number of rotatable bonds is 3. The molecule has 0 amide bonds. The van der Waals surface area contributed by atoms with E-state index in [1.54, 1.807) is 13.0 Å². The molecule has 0 aliphatic heterocycles. The molecule has 0 spiro atoms. The summed E-state index contributed by atoms with van der Waals surface area (Å²) in [6, 6.07) is 3.13. The fourth-order valence-corrected chi connectivity index (χ4v) is 1.57. The van der Waals surface area contributed by atoms with Gasteiger partial charge in [-0.2, -0.15) is 0 Å². The van der Waals surface area contributed by atoms with Crippen molar-refractivity contribution in [1.29, 1.82) is 0 Å². The lowest BCUT2D eigenvalue weighted by Gasteiger charge is -2.03. The molecule has 0 unspecified atom stereocenters. The van der Waals surface area contributed by atoms with Gasteiger partial charge in [-0.1, -0.05) is 45.7 Å². The van der Waals surface area contributed by atoms with E-state index >= 15 is 0 Å². The first-order valence-electron chi connectivity index (χ1n) is 4.34. The second-order valence-electron chi connectivity index (χ2n) is 2.96. The second-order valence-corrected chi connectivity index (χ2v) is 4.13. The Kier molecular flexibility index (Phi) is 4.63. The normalized spacial score (nSPS) is 11.1. The highest BCUT2D eigenvalue weighted by Crippen LogP contribution is 2.24. The molecule has 0 heterocycles. The molecule has 0 aliphatic rings. The zero-order valence-electron chi connectivity index (χ0n) is 7.86. The second kappa shape index (κ2) is 5.52. The van der Waals surface area contributed by atoms with Gasteiger partial charge in [0.25, 0.3) is 0 Å². The van der Waals surface area contributed by atoms with Crippen molar-refractivity contribution in [2.24, 2.45) is 0 Å². The van der Waals surface area contributed by atoms with E-state index in [2.05, 4.69) is 15.9 Å². The highest BCUT2D eigenvalue weighted by molar-refractivity contribution is 9.09. The molecule has 76 valence electrons. The van der Waals surface area contributed by atoms with Gasteiger partial charge in [0.15, 0.2) is 0 Å². The van der Waals surface area contributed by atoms with Crippen molar-refractivity contribution in [1.82, 2.24) is 0 Å². The maximum Gasteiger partial charge on any atom is 0.127 e.